The summed E-state index contributed by atoms with van der Waals surface area (Å²) in [6.07, 6.45) is 13.1. The first-order chi connectivity index (χ1) is 7.41. The summed E-state index contributed by atoms with van der Waals surface area (Å²) >= 11 is 0. The number of hydrogen-bond donors (Lipinski definition) is 0. The van der Waals surface area contributed by atoms with Gasteiger partial charge in [0.05, 0.1) is 0 Å². The summed E-state index contributed by atoms with van der Waals surface area (Å²) in [6.45, 7) is 5.96. The molecule has 0 saturated heterocycles. The fourth-order valence-corrected chi connectivity index (χ4v) is 3.29. The van der Waals surface area contributed by atoms with E-state index in [4.69, 9.17) is 0 Å². The molecular weight excluding hydrogens is 220 g/mol. The molecule has 0 aromatic heterocycles. The highest BCUT2D eigenvalue weighted by Crippen LogP contribution is 2.22. The van der Waals surface area contributed by atoms with Crippen molar-refractivity contribution >= 4 is 21.6 Å². The maximum atomic E-state index is 3.74. The highest BCUT2D eigenvalue weighted by atomic mass is 33.1. The molecule has 0 amide bonds. The van der Waals surface area contributed by atoms with Gasteiger partial charge < -0.3 is 0 Å². The molecule has 0 heterocycles. The van der Waals surface area contributed by atoms with Crippen LogP contribution in [0.25, 0.3) is 0 Å². The van der Waals surface area contributed by atoms with E-state index >= 15 is 0 Å². The Morgan fingerprint density at radius 2 is 1.47 bits per heavy atom. The van der Waals surface area contributed by atoms with E-state index in [2.05, 4.69) is 13.5 Å². The van der Waals surface area contributed by atoms with Gasteiger partial charge in [-0.2, -0.15) is 0 Å². The van der Waals surface area contributed by atoms with Gasteiger partial charge >= 0.3 is 0 Å². The van der Waals surface area contributed by atoms with Gasteiger partial charge in [0, 0.05) is 11.5 Å². The zero-order valence-electron chi connectivity index (χ0n) is 10.2. The second-order valence-electron chi connectivity index (χ2n) is 3.78. The SMILES string of the molecule is C=CCCCCCCCCCSSCC. The molecule has 90 valence electrons. The van der Waals surface area contributed by atoms with E-state index in [9.17, 15) is 0 Å². The second kappa shape index (κ2) is 14.4. The van der Waals surface area contributed by atoms with E-state index in [-0.39, 0.29) is 0 Å². The molecule has 0 rings (SSSR count). The second-order valence-corrected chi connectivity index (χ2v) is 6.65. The van der Waals surface area contributed by atoms with Crippen molar-refractivity contribution in [2.75, 3.05) is 11.5 Å². The molecule has 0 N–H and O–H groups in total. The molecule has 0 aromatic carbocycles. The number of allylic oxidation sites excluding steroid dienone is 1. The monoisotopic (exact) mass is 246 g/mol. The molecule has 0 bridgehead atoms. The largest absolute Gasteiger partial charge is 0.103 e. The molecule has 0 unspecified atom stereocenters. The minimum absolute atomic E-state index is 1.20. The number of hydrogen-bond acceptors (Lipinski definition) is 2. The summed E-state index contributed by atoms with van der Waals surface area (Å²) in [5.74, 6) is 2.59. The number of rotatable bonds is 12. The molecule has 0 aliphatic rings. The van der Waals surface area contributed by atoms with Gasteiger partial charge in [0.1, 0.15) is 0 Å². The summed E-state index contributed by atoms with van der Waals surface area (Å²) in [7, 11) is 4.03. The van der Waals surface area contributed by atoms with Crippen LogP contribution in [-0.2, 0) is 0 Å². The van der Waals surface area contributed by atoms with Crippen LogP contribution in [0.2, 0.25) is 0 Å². The highest BCUT2D eigenvalue weighted by molar-refractivity contribution is 8.76. The normalized spacial score (nSPS) is 10.5. The molecule has 0 aliphatic carbocycles. The molecule has 0 atom stereocenters. The van der Waals surface area contributed by atoms with E-state index in [0.717, 1.165) is 0 Å². The first kappa shape index (κ1) is 15.4. The van der Waals surface area contributed by atoms with Gasteiger partial charge in [-0.3, -0.25) is 0 Å². The molecule has 0 aliphatic heterocycles. The van der Waals surface area contributed by atoms with Gasteiger partial charge in [0.2, 0.25) is 0 Å². The fourth-order valence-electron chi connectivity index (χ4n) is 1.48. The Morgan fingerprint density at radius 1 is 0.867 bits per heavy atom. The smallest absolute Gasteiger partial charge is 0.00369 e. The first-order valence-corrected chi connectivity index (χ1v) is 8.76. The van der Waals surface area contributed by atoms with Crippen molar-refractivity contribution in [1.82, 2.24) is 0 Å². The third-order valence-electron chi connectivity index (χ3n) is 2.34. The van der Waals surface area contributed by atoms with Crippen molar-refractivity contribution in [2.24, 2.45) is 0 Å². The lowest BCUT2D eigenvalue weighted by Crippen LogP contribution is -1.82. The molecule has 2 heteroatoms. The Morgan fingerprint density at radius 3 is 2.07 bits per heavy atom. The van der Waals surface area contributed by atoms with Crippen LogP contribution in [0.3, 0.4) is 0 Å². The molecule has 0 fully saturated rings. The maximum Gasteiger partial charge on any atom is 0.00369 e. The van der Waals surface area contributed by atoms with Crippen LogP contribution in [0, 0.1) is 0 Å². The van der Waals surface area contributed by atoms with Crippen LogP contribution >= 0.6 is 21.6 Å². The standard InChI is InChI=1S/C13H26S2/c1-3-5-6-7-8-9-10-11-12-13-15-14-4-2/h3H,1,4-13H2,2H3. The lowest BCUT2D eigenvalue weighted by atomic mass is 10.1. The van der Waals surface area contributed by atoms with E-state index in [1.807, 2.05) is 27.7 Å². The van der Waals surface area contributed by atoms with Crippen molar-refractivity contribution in [1.29, 1.82) is 0 Å². The zero-order chi connectivity index (χ0) is 11.2. The molecule has 0 aromatic rings. The van der Waals surface area contributed by atoms with Gasteiger partial charge in [-0.15, -0.1) is 6.58 Å². The van der Waals surface area contributed by atoms with Crippen molar-refractivity contribution in [3.05, 3.63) is 12.7 Å². The minimum atomic E-state index is 1.20. The zero-order valence-corrected chi connectivity index (χ0v) is 11.8. The predicted octanol–water partition coefficient (Wildman–Crippen LogP) is 5.69. The van der Waals surface area contributed by atoms with Crippen LogP contribution in [0.1, 0.15) is 58.3 Å². The quantitative estimate of drug-likeness (QED) is 0.246. The molecule has 15 heavy (non-hydrogen) atoms. The summed E-state index contributed by atoms with van der Waals surface area (Å²) < 4.78 is 0. The Labute approximate surface area is 104 Å². The van der Waals surface area contributed by atoms with Gasteiger partial charge in [-0.05, 0) is 19.3 Å². The summed E-state index contributed by atoms with van der Waals surface area (Å²) in [6, 6.07) is 0. The Kier molecular flexibility index (Phi) is 14.9. The predicted molar refractivity (Wildman–Crippen MR) is 77.7 cm³/mol. The van der Waals surface area contributed by atoms with E-state index in [1.54, 1.807) is 0 Å². The molecule has 0 nitrogen and oxygen atoms in total. The lowest BCUT2D eigenvalue weighted by molar-refractivity contribution is 0.594. The van der Waals surface area contributed by atoms with E-state index < -0.39 is 0 Å². The average Bonchev–Trinajstić information content (AvgIpc) is 2.26. The van der Waals surface area contributed by atoms with E-state index in [0.29, 0.717) is 0 Å². The molecule has 0 radical (unpaired) electrons. The van der Waals surface area contributed by atoms with Gasteiger partial charge in [-0.1, -0.05) is 66.7 Å². The van der Waals surface area contributed by atoms with Gasteiger partial charge in [0.25, 0.3) is 0 Å². The Hall–Kier alpha value is 0.440. The van der Waals surface area contributed by atoms with Crippen LogP contribution in [0.5, 0.6) is 0 Å². The summed E-state index contributed by atoms with van der Waals surface area (Å²) in [4.78, 5) is 0. The molecule has 0 spiro atoms. The first-order valence-electron chi connectivity index (χ1n) is 6.27. The van der Waals surface area contributed by atoms with Crippen molar-refractivity contribution in [2.45, 2.75) is 58.3 Å². The van der Waals surface area contributed by atoms with E-state index in [1.165, 1.54) is 62.9 Å². The summed E-state index contributed by atoms with van der Waals surface area (Å²) in [5.41, 5.74) is 0. The topological polar surface area (TPSA) is 0 Å². The summed E-state index contributed by atoms with van der Waals surface area (Å²) in [5, 5.41) is 0. The average molecular weight is 246 g/mol. The Balaban J connectivity index is 2.83. The Bertz CT molecular complexity index is 124. The minimum Gasteiger partial charge on any atom is -0.103 e. The van der Waals surface area contributed by atoms with Crippen LogP contribution < -0.4 is 0 Å². The van der Waals surface area contributed by atoms with Gasteiger partial charge in [0.15, 0.2) is 0 Å². The number of unbranched alkanes of at least 4 members (excludes halogenated alkanes) is 7. The van der Waals surface area contributed by atoms with Crippen LogP contribution in [0.4, 0.5) is 0 Å². The maximum absolute atomic E-state index is 3.74. The van der Waals surface area contributed by atoms with Crippen LogP contribution in [-0.4, -0.2) is 11.5 Å². The third-order valence-corrected chi connectivity index (χ3v) is 4.90. The molecular formula is C13H26S2. The fraction of sp³-hybridized carbons (Fsp3) is 0.846. The van der Waals surface area contributed by atoms with Crippen molar-refractivity contribution < 1.29 is 0 Å². The molecule has 0 saturated carbocycles. The van der Waals surface area contributed by atoms with Crippen molar-refractivity contribution in [3.63, 3.8) is 0 Å². The highest BCUT2D eigenvalue weighted by Gasteiger charge is 1.92. The lowest BCUT2D eigenvalue weighted by Gasteiger charge is -2.01. The van der Waals surface area contributed by atoms with Crippen LogP contribution in [0.15, 0.2) is 12.7 Å². The third kappa shape index (κ3) is 14.4. The van der Waals surface area contributed by atoms with Gasteiger partial charge in [-0.25, -0.2) is 0 Å². The van der Waals surface area contributed by atoms with Crippen molar-refractivity contribution in [3.8, 4) is 0 Å².